The van der Waals surface area contributed by atoms with E-state index in [4.69, 9.17) is 11.5 Å². The van der Waals surface area contributed by atoms with E-state index < -0.39 is 0 Å². The van der Waals surface area contributed by atoms with Crippen LogP contribution in [0, 0.1) is 13.8 Å². The number of para-hydroxylation sites is 1. The molecule has 0 aromatic heterocycles. The molecule has 0 unspecified atom stereocenters. The smallest absolute Gasteiger partial charge is 0.0607 e. The molecule has 2 aromatic carbocycles. The highest BCUT2D eigenvalue weighted by atomic mass is 15.1. The Balaban J connectivity index is 2.32. The zero-order valence-electron chi connectivity index (χ0n) is 11.6. The number of anilines is 4. The highest BCUT2D eigenvalue weighted by molar-refractivity contribution is 5.87. The molecule has 0 atom stereocenters. The van der Waals surface area contributed by atoms with Gasteiger partial charge in [0.25, 0.3) is 0 Å². The zero-order chi connectivity index (χ0) is 13.7. The van der Waals surface area contributed by atoms with E-state index in [1.807, 2.05) is 6.92 Å². The summed E-state index contributed by atoms with van der Waals surface area (Å²) in [6, 6.07) is 8.45. The molecule has 1 heterocycles. The molecule has 3 rings (SSSR count). The van der Waals surface area contributed by atoms with E-state index in [0.717, 1.165) is 28.9 Å². The summed E-state index contributed by atoms with van der Waals surface area (Å²) in [5.41, 5.74) is 21.1. The first-order valence-corrected chi connectivity index (χ1v) is 6.51. The van der Waals surface area contributed by atoms with E-state index in [9.17, 15) is 0 Å². The molecule has 4 N–H and O–H groups in total. The van der Waals surface area contributed by atoms with E-state index in [1.54, 1.807) is 0 Å². The topological polar surface area (TPSA) is 55.3 Å². The lowest BCUT2D eigenvalue weighted by Crippen LogP contribution is -2.22. The fourth-order valence-corrected chi connectivity index (χ4v) is 3.03. The summed E-state index contributed by atoms with van der Waals surface area (Å²) < 4.78 is 0. The van der Waals surface area contributed by atoms with Gasteiger partial charge < -0.3 is 16.4 Å². The van der Waals surface area contributed by atoms with Gasteiger partial charge in [-0.3, -0.25) is 0 Å². The third-order valence-electron chi connectivity index (χ3n) is 4.28. The van der Waals surface area contributed by atoms with Gasteiger partial charge in [-0.2, -0.15) is 0 Å². The van der Waals surface area contributed by atoms with E-state index in [1.165, 1.54) is 22.5 Å². The van der Waals surface area contributed by atoms with Crippen LogP contribution in [0.2, 0.25) is 0 Å². The van der Waals surface area contributed by atoms with Gasteiger partial charge in [0.05, 0.1) is 11.4 Å². The van der Waals surface area contributed by atoms with Gasteiger partial charge in [0, 0.05) is 30.4 Å². The van der Waals surface area contributed by atoms with Gasteiger partial charge in [0.2, 0.25) is 0 Å². The number of hydrogen-bond donors (Lipinski definition) is 2. The Morgan fingerprint density at radius 2 is 1.68 bits per heavy atom. The average molecular weight is 253 g/mol. The number of nitrogens with two attached hydrogens (primary N) is 2. The Morgan fingerprint density at radius 3 is 2.42 bits per heavy atom. The number of nitrogen functional groups attached to an aromatic ring is 2. The van der Waals surface area contributed by atoms with E-state index >= 15 is 0 Å². The van der Waals surface area contributed by atoms with Crippen molar-refractivity contribution in [3.63, 3.8) is 0 Å². The van der Waals surface area contributed by atoms with E-state index in [-0.39, 0.29) is 0 Å². The van der Waals surface area contributed by atoms with Crippen LogP contribution < -0.4 is 16.4 Å². The minimum Gasteiger partial charge on any atom is -0.397 e. The number of rotatable bonds is 0. The number of hydrogen-bond acceptors (Lipinski definition) is 3. The molecule has 98 valence electrons. The summed E-state index contributed by atoms with van der Waals surface area (Å²) in [7, 11) is 2.10. The minimum atomic E-state index is 0.726. The Bertz CT molecular complexity index is 674. The molecule has 0 aliphatic carbocycles. The molecule has 0 amide bonds. The predicted molar refractivity (Wildman–Crippen MR) is 82.1 cm³/mol. The summed E-state index contributed by atoms with van der Waals surface area (Å²) in [4.78, 5) is 2.23. The second-order valence-electron chi connectivity index (χ2n) is 5.27. The van der Waals surface area contributed by atoms with Gasteiger partial charge >= 0.3 is 0 Å². The minimum absolute atomic E-state index is 0.726. The van der Waals surface area contributed by atoms with Crippen molar-refractivity contribution in [3.05, 3.63) is 46.5 Å². The lowest BCUT2D eigenvalue weighted by molar-refractivity contribution is 1.04. The van der Waals surface area contributed by atoms with Crippen molar-refractivity contribution in [3.8, 4) is 0 Å². The molecular formula is C16H19N3. The number of fused-ring (bicyclic) bond motifs is 2. The van der Waals surface area contributed by atoms with Gasteiger partial charge in [-0.15, -0.1) is 0 Å². The Labute approximate surface area is 113 Å². The molecular weight excluding hydrogens is 234 g/mol. The van der Waals surface area contributed by atoms with Gasteiger partial charge in [0.1, 0.15) is 0 Å². The van der Waals surface area contributed by atoms with Gasteiger partial charge in [-0.05, 0) is 36.6 Å². The summed E-state index contributed by atoms with van der Waals surface area (Å²) in [6.07, 6.45) is 0.854. The zero-order valence-corrected chi connectivity index (χ0v) is 11.6. The molecule has 2 aromatic rings. The predicted octanol–water partition coefficient (Wildman–Crippen LogP) is 3.14. The van der Waals surface area contributed by atoms with Crippen molar-refractivity contribution in [2.45, 2.75) is 20.3 Å². The standard InChI is InChI=1S/C16H19N3/c1-9-10(2)16-12(15(18)14(9)17)8-11-6-4-5-7-13(11)19(16)3/h4-7H,8,17-18H2,1-3H3. The van der Waals surface area contributed by atoms with Crippen molar-refractivity contribution in [1.82, 2.24) is 0 Å². The van der Waals surface area contributed by atoms with Crippen LogP contribution in [0.5, 0.6) is 0 Å². The number of benzene rings is 2. The Kier molecular flexibility index (Phi) is 2.45. The molecule has 0 saturated carbocycles. The summed E-state index contributed by atoms with van der Waals surface area (Å²) in [6.45, 7) is 4.16. The highest BCUT2D eigenvalue weighted by Gasteiger charge is 2.25. The maximum atomic E-state index is 6.24. The molecule has 3 nitrogen and oxygen atoms in total. The second kappa shape index (κ2) is 3.92. The summed E-state index contributed by atoms with van der Waals surface area (Å²) >= 11 is 0. The molecule has 3 heteroatoms. The van der Waals surface area contributed by atoms with Crippen LogP contribution in [0.4, 0.5) is 22.7 Å². The van der Waals surface area contributed by atoms with Crippen LogP contribution in [0.15, 0.2) is 24.3 Å². The van der Waals surface area contributed by atoms with Crippen molar-refractivity contribution in [2.24, 2.45) is 0 Å². The molecule has 0 radical (unpaired) electrons. The number of nitrogens with zero attached hydrogens (tertiary/aromatic N) is 1. The van der Waals surface area contributed by atoms with E-state index in [2.05, 4.69) is 43.1 Å². The largest absolute Gasteiger partial charge is 0.397 e. The Hall–Kier alpha value is -2.16. The monoisotopic (exact) mass is 253 g/mol. The maximum absolute atomic E-state index is 6.24. The first-order valence-electron chi connectivity index (χ1n) is 6.51. The average Bonchev–Trinajstić information content (AvgIpc) is 2.43. The summed E-state index contributed by atoms with van der Waals surface area (Å²) in [5, 5.41) is 0. The van der Waals surface area contributed by atoms with E-state index in [0.29, 0.717) is 0 Å². The molecule has 0 spiro atoms. The van der Waals surface area contributed by atoms with Gasteiger partial charge in [-0.1, -0.05) is 18.2 Å². The molecule has 0 saturated heterocycles. The third kappa shape index (κ3) is 1.51. The van der Waals surface area contributed by atoms with Crippen molar-refractivity contribution >= 4 is 22.7 Å². The first-order chi connectivity index (χ1) is 9.02. The van der Waals surface area contributed by atoms with Crippen molar-refractivity contribution < 1.29 is 0 Å². The van der Waals surface area contributed by atoms with Gasteiger partial charge in [-0.25, -0.2) is 0 Å². The molecule has 1 aliphatic heterocycles. The van der Waals surface area contributed by atoms with Crippen molar-refractivity contribution in [2.75, 3.05) is 23.4 Å². The second-order valence-corrected chi connectivity index (χ2v) is 5.27. The van der Waals surface area contributed by atoms with Crippen LogP contribution >= 0.6 is 0 Å². The quantitative estimate of drug-likeness (QED) is 0.709. The fraction of sp³-hybridized carbons (Fsp3) is 0.250. The Morgan fingerprint density at radius 1 is 1.00 bits per heavy atom. The normalized spacial score (nSPS) is 13.1. The SMILES string of the molecule is Cc1c(C)c2c(c(N)c1N)Cc1ccccc1N2C. The molecule has 0 fully saturated rings. The van der Waals surface area contributed by atoms with Crippen LogP contribution in [0.25, 0.3) is 0 Å². The molecule has 0 bridgehead atoms. The lowest BCUT2D eigenvalue weighted by atomic mass is 9.89. The van der Waals surface area contributed by atoms with Gasteiger partial charge in [0.15, 0.2) is 0 Å². The summed E-state index contributed by atoms with van der Waals surface area (Å²) in [5.74, 6) is 0. The highest BCUT2D eigenvalue weighted by Crippen LogP contribution is 2.45. The molecule has 1 aliphatic rings. The van der Waals surface area contributed by atoms with Crippen LogP contribution in [-0.2, 0) is 6.42 Å². The van der Waals surface area contributed by atoms with Crippen LogP contribution in [0.1, 0.15) is 22.3 Å². The first kappa shape index (κ1) is 11.9. The van der Waals surface area contributed by atoms with Crippen molar-refractivity contribution in [1.29, 1.82) is 0 Å². The molecule has 19 heavy (non-hydrogen) atoms. The lowest BCUT2D eigenvalue weighted by Gasteiger charge is -2.33. The third-order valence-corrected chi connectivity index (χ3v) is 4.28. The maximum Gasteiger partial charge on any atom is 0.0607 e. The van der Waals surface area contributed by atoms with Crippen LogP contribution in [-0.4, -0.2) is 7.05 Å². The van der Waals surface area contributed by atoms with Crippen LogP contribution in [0.3, 0.4) is 0 Å². The fourth-order valence-electron chi connectivity index (χ4n) is 3.03.